The fraction of sp³-hybridized carbons (Fsp3) is 0.611. The number of aromatic amines is 1. The van der Waals surface area contributed by atoms with Gasteiger partial charge in [-0.25, -0.2) is 9.67 Å². The number of carbonyl (C=O) groups is 1. The molecule has 1 aliphatic heterocycles. The number of piperidine rings is 1. The minimum atomic E-state index is 0.0591. The molecule has 0 spiro atoms. The zero-order chi connectivity index (χ0) is 17.8. The van der Waals surface area contributed by atoms with Gasteiger partial charge in [0.2, 0.25) is 5.91 Å². The summed E-state index contributed by atoms with van der Waals surface area (Å²) >= 11 is 0. The SMILES string of the molecule is Cc1ncc(CN2CCC(n3nccc3NC(=O)CC(C)C)CC2)[nH]1. The molecule has 0 aliphatic carbocycles. The highest BCUT2D eigenvalue weighted by Gasteiger charge is 2.23. The molecule has 3 rings (SSSR count). The van der Waals surface area contributed by atoms with Gasteiger partial charge in [0.1, 0.15) is 11.6 Å². The van der Waals surface area contributed by atoms with Crippen molar-refractivity contribution in [1.82, 2.24) is 24.6 Å². The van der Waals surface area contributed by atoms with Crippen LogP contribution in [0.5, 0.6) is 0 Å². The molecule has 25 heavy (non-hydrogen) atoms. The van der Waals surface area contributed by atoms with Crippen molar-refractivity contribution in [2.24, 2.45) is 5.92 Å². The first-order valence-electron chi connectivity index (χ1n) is 9.07. The normalized spacial score (nSPS) is 16.5. The molecule has 2 N–H and O–H groups in total. The van der Waals surface area contributed by atoms with Crippen LogP contribution in [-0.4, -0.2) is 43.6 Å². The van der Waals surface area contributed by atoms with Crippen LogP contribution in [0, 0.1) is 12.8 Å². The van der Waals surface area contributed by atoms with Gasteiger partial charge in [0, 0.05) is 44.0 Å². The third kappa shape index (κ3) is 4.69. The third-order valence-electron chi connectivity index (χ3n) is 4.58. The number of anilines is 1. The molecule has 7 heteroatoms. The lowest BCUT2D eigenvalue weighted by Crippen LogP contribution is -2.35. The van der Waals surface area contributed by atoms with Crippen LogP contribution in [0.2, 0.25) is 0 Å². The number of aromatic nitrogens is 4. The Kier molecular flexibility index (Phi) is 5.53. The number of nitrogens with zero attached hydrogens (tertiary/aromatic N) is 4. The molecule has 1 amide bonds. The summed E-state index contributed by atoms with van der Waals surface area (Å²) in [6.07, 6.45) is 6.28. The Hall–Kier alpha value is -2.15. The minimum Gasteiger partial charge on any atom is -0.345 e. The Morgan fingerprint density at radius 1 is 1.40 bits per heavy atom. The van der Waals surface area contributed by atoms with Crippen molar-refractivity contribution in [3.8, 4) is 0 Å². The predicted octanol–water partition coefficient (Wildman–Crippen LogP) is 2.74. The van der Waals surface area contributed by atoms with E-state index in [0.29, 0.717) is 18.4 Å². The first-order valence-corrected chi connectivity index (χ1v) is 9.07. The quantitative estimate of drug-likeness (QED) is 0.844. The van der Waals surface area contributed by atoms with Gasteiger partial charge in [-0.1, -0.05) is 13.8 Å². The molecule has 0 saturated carbocycles. The van der Waals surface area contributed by atoms with E-state index in [-0.39, 0.29) is 5.91 Å². The highest BCUT2D eigenvalue weighted by molar-refractivity contribution is 5.89. The lowest BCUT2D eigenvalue weighted by Gasteiger charge is -2.32. The monoisotopic (exact) mass is 344 g/mol. The largest absolute Gasteiger partial charge is 0.345 e. The second kappa shape index (κ2) is 7.82. The van der Waals surface area contributed by atoms with Gasteiger partial charge in [-0.15, -0.1) is 0 Å². The summed E-state index contributed by atoms with van der Waals surface area (Å²) in [6, 6.07) is 2.22. The maximum Gasteiger partial charge on any atom is 0.225 e. The van der Waals surface area contributed by atoms with Crippen LogP contribution in [0.3, 0.4) is 0 Å². The summed E-state index contributed by atoms with van der Waals surface area (Å²) in [4.78, 5) is 22.0. The first-order chi connectivity index (χ1) is 12.0. The van der Waals surface area contributed by atoms with Gasteiger partial charge in [-0.2, -0.15) is 5.10 Å². The summed E-state index contributed by atoms with van der Waals surface area (Å²) < 4.78 is 1.98. The molecule has 2 aromatic rings. The number of H-pyrrole nitrogens is 1. The maximum absolute atomic E-state index is 12.0. The number of imidazole rings is 1. The molecule has 1 aliphatic rings. The molecule has 0 radical (unpaired) electrons. The van der Waals surface area contributed by atoms with E-state index < -0.39 is 0 Å². The van der Waals surface area contributed by atoms with Gasteiger partial charge in [-0.05, 0) is 25.7 Å². The van der Waals surface area contributed by atoms with Crippen LogP contribution >= 0.6 is 0 Å². The Morgan fingerprint density at radius 3 is 2.80 bits per heavy atom. The highest BCUT2D eigenvalue weighted by atomic mass is 16.1. The first kappa shape index (κ1) is 17.7. The maximum atomic E-state index is 12.0. The lowest BCUT2D eigenvalue weighted by atomic mass is 10.1. The fourth-order valence-electron chi connectivity index (χ4n) is 3.38. The van der Waals surface area contributed by atoms with E-state index in [9.17, 15) is 4.79 Å². The van der Waals surface area contributed by atoms with Crippen molar-refractivity contribution in [2.45, 2.75) is 52.6 Å². The molecule has 7 nitrogen and oxygen atoms in total. The Balaban J connectivity index is 1.54. The standard InChI is InChI=1S/C18H28N6O/c1-13(2)10-18(25)22-17-4-7-20-24(17)16-5-8-23(9-6-16)12-15-11-19-14(3)21-15/h4,7,11,13,16H,5-6,8-10,12H2,1-3H3,(H,19,21)(H,22,25). The number of hydrogen-bond donors (Lipinski definition) is 2. The number of hydrogen-bond acceptors (Lipinski definition) is 4. The van der Waals surface area contributed by atoms with Crippen molar-refractivity contribution in [3.05, 3.63) is 30.0 Å². The summed E-state index contributed by atoms with van der Waals surface area (Å²) in [7, 11) is 0. The van der Waals surface area contributed by atoms with Gasteiger partial charge in [0.15, 0.2) is 0 Å². The molecule has 1 saturated heterocycles. The molecular formula is C18H28N6O. The molecule has 0 aromatic carbocycles. The topological polar surface area (TPSA) is 78.8 Å². The lowest BCUT2D eigenvalue weighted by molar-refractivity contribution is -0.116. The second-order valence-corrected chi connectivity index (χ2v) is 7.31. The molecule has 0 atom stereocenters. The average molecular weight is 344 g/mol. The van der Waals surface area contributed by atoms with Crippen molar-refractivity contribution < 1.29 is 4.79 Å². The van der Waals surface area contributed by atoms with E-state index in [2.05, 4.69) is 25.3 Å². The number of rotatable bonds is 6. The number of nitrogens with one attached hydrogen (secondary N) is 2. The fourth-order valence-corrected chi connectivity index (χ4v) is 3.38. The molecular weight excluding hydrogens is 316 g/mol. The number of aryl methyl sites for hydroxylation is 1. The van der Waals surface area contributed by atoms with Gasteiger partial charge in [0.05, 0.1) is 12.2 Å². The van der Waals surface area contributed by atoms with Crippen LogP contribution in [0.15, 0.2) is 18.5 Å². The van der Waals surface area contributed by atoms with Crippen LogP contribution < -0.4 is 5.32 Å². The van der Waals surface area contributed by atoms with Gasteiger partial charge >= 0.3 is 0 Å². The molecule has 0 unspecified atom stereocenters. The Bertz CT molecular complexity index is 696. The van der Waals surface area contributed by atoms with Gasteiger partial charge in [-0.3, -0.25) is 9.69 Å². The molecule has 2 aromatic heterocycles. The second-order valence-electron chi connectivity index (χ2n) is 7.31. The number of likely N-dealkylation sites (tertiary alicyclic amines) is 1. The highest BCUT2D eigenvalue weighted by Crippen LogP contribution is 2.26. The van der Waals surface area contributed by atoms with Crippen molar-refractivity contribution in [2.75, 3.05) is 18.4 Å². The zero-order valence-corrected chi connectivity index (χ0v) is 15.3. The van der Waals surface area contributed by atoms with E-state index >= 15 is 0 Å². The third-order valence-corrected chi connectivity index (χ3v) is 4.58. The number of carbonyl (C=O) groups excluding carboxylic acids is 1. The smallest absolute Gasteiger partial charge is 0.225 e. The number of amides is 1. The van der Waals surface area contributed by atoms with Crippen LogP contribution in [0.1, 0.15) is 50.7 Å². The summed E-state index contributed by atoms with van der Waals surface area (Å²) in [5.41, 5.74) is 1.16. The Labute approximate surface area is 148 Å². The predicted molar refractivity (Wildman–Crippen MR) is 97.2 cm³/mol. The van der Waals surface area contributed by atoms with E-state index in [1.54, 1.807) is 6.20 Å². The molecule has 0 bridgehead atoms. The van der Waals surface area contributed by atoms with Crippen LogP contribution in [0.25, 0.3) is 0 Å². The van der Waals surface area contributed by atoms with Crippen molar-refractivity contribution in [1.29, 1.82) is 0 Å². The minimum absolute atomic E-state index is 0.0591. The van der Waals surface area contributed by atoms with Crippen LogP contribution in [-0.2, 0) is 11.3 Å². The Morgan fingerprint density at radius 2 is 2.16 bits per heavy atom. The van der Waals surface area contributed by atoms with E-state index in [1.807, 2.05) is 37.7 Å². The van der Waals surface area contributed by atoms with Gasteiger partial charge < -0.3 is 10.3 Å². The van der Waals surface area contributed by atoms with E-state index in [1.165, 1.54) is 0 Å². The summed E-state index contributed by atoms with van der Waals surface area (Å²) in [5.74, 6) is 2.19. The summed E-state index contributed by atoms with van der Waals surface area (Å²) in [6.45, 7) is 9.01. The van der Waals surface area contributed by atoms with E-state index in [0.717, 1.165) is 49.8 Å². The molecule has 136 valence electrons. The molecule has 3 heterocycles. The average Bonchev–Trinajstić information content (AvgIpc) is 3.16. The van der Waals surface area contributed by atoms with Crippen molar-refractivity contribution in [3.63, 3.8) is 0 Å². The summed E-state index contributed by atoms with van der Waals surface area (Å²) in [5, 5.41) is 7.46. The molecule has 1 fully saturated rings. The van der Waals surface area contributed by atoms with E-state index in [4.69, 9.17) is 0 Å². The zero-order valence-electron chi connectivity index (χ0n) is 15.3. The van der Waals surface area contributed by atoms with Crippen molar-refractivity contribution >= 4 is 11.7 Å². The van der Waals surface area contributed by atoms with Crippen LogP contribution in [0.4, 0.5) is 5.82 Å². The van der Waals surface area contributed by atoms with Gasteiger partial charge in [0.25, 0.3) is 0 Å².